The minimum absolute atomic E-state index is 0.0879. The van der Waals surface area contributed by atoms with Crippen LogP contribution in [-0.4, -0.2) is 59.3 Å². The molecule has 1 saturated heterocycles. The van der Waals surface area contributed by atoms with Gasteiger partial charge in [-0.15, -0.1) is 0 Å². The standard InChI is InChI=1S/C18H27N7O2/c1-13-21-16(23-27-13)12-20-18(26)25-9-4-5-14(8-10-25)22-15-6-7-17(19-11-15)24(2)3/h6-7,11,14,22H,4-5,8-10,12H2,1-3H3,(H,20,26)/t14-/m0/s1. The van der Waals surface area contributed by atoms with E-state index in [1.54, 1.807) is 6.92 Å². The first kappa shape index (κ1) is 18.9. The van der Waals surface area contributed by atoms with Gasteiger partial charge in [0, 0.05) is 40.2 Å². The van der Waals surface area contributed by atoms with E-state index in [0.717, 1.165) is 37.3 Å². The first-order valence-corrected chi connectivity index (χ1v) is 9.23. The van der Waals surface area contributed by atoms with Crippen molar-refractivity contribution >= 4 is 17.5 Å². The van der Waals surface area contributed by atoms with E-state index >= 15 is 0 Å². The maximum Gasteiger partial charge on any atom is 0.317 e. The van der Waals surface area contributed by atoms with Gasteiger partial charge in [0.1, 0.15) is 5.82 Å². The Morgan fingerprint density at radius 3 is 2.85 bits per heavy atom. The Bertz CT molecular complexity index is 744. The number of aromatic nitrogens is 3. The molecule has 9 heteroatoms. The van der Waals surface area contributed by atoms with Crippen molar-refractivity contribution in [2.24, 2.45) is 0 Å². The van der Waals surface area contributed by atoms with Crippen LogP contribution in [0.1, 0.15) is 31.0 Å². The van der Waals surface area contributed by atoms with Crippen LogP contribution in [0, 0.1) is 6.92 Å². The lowest BCUT2D eigenvalue weighted by atomic mass is 10.1. The number of hydrogen-bond acceptors (Lipinski definition) is 7. The average molecular weight is 373 g/mol. The summed E-state index contributed by atoms with van der Waals surface area (Å²) >= 11 is 0. The highest BCUT2D eigenvalue weighted by atomic mass is 16.5. The number of pyridine rings is 1. The quantitative estimate of drug-likeness (QED) is 0.827. The smallest absolute Gasteiger partial charge is 0.317 e. The molecule has 2 aromatic rings. The summed E-state index contributed by atoms with van der Waals surface area (Å²) in [7, 11) is 3.94. The third-order valence-electron chi connectivity index (χ3n) is 4.56. The number of hydrogen-bond donors (Lipinski definition) is 2. The van der Waals surface area contributed by atoms with Gasteiger partial charge in [-0.1, -0.05) is 5.16 Å². The molecule has 1 atom stereocenters. The fraction of sp³-hybridized carbons (Fsp3) is 0.556. The Balaban J connectivity index is 1.47. The molecule has 2 N–H and O–H groups in total. The van der Waals surface area contributed by atoms with E-state index in [1.165, 1.54) is 0 Å². The lowest BCUT2D eigenvalue weighted by Crippen LogP contribution is -2.40. The maximum absolute atomic E-state index is 12.4. The zero-order valence-corrected chi connectivity index (χ0v) is 16.1. The molecule has 0 aliphatic carbocycles. The van der Waals surface area contributed by atoms with Crippen LogP contribution in [-0.2, 0) is 6.54 Å². The number of rotatable bonds is 5. The third-order valence-corrected chi connectivity index (χ3v) is 4.56. The van der Waals surface area contributed by atoms with Crippen molar-refractivity contribution < 1.29 is 9.32 Å². The number of nitrogens with one attached hydrogen (secondary N) is 2. The van der Waals surface area contributed by atoms with Crippen LogP contribution in [0.3, 0.4) is 0 Å². The van der Waals surface area contributed by atoms with Crippen LogP contribution >= 0.6 is 0 Å². The van der Waals surface area contributed by atoms with Gasteiger partial charge >= 0.3 is 6.03 Å². The molecular formula is C18H27N7O2. The largest absolute Gasteiger partial charge is 0.381 e. The molecular weight excluding hydrogens is 346 g/mol. The highest BCUT2D eigenvalue weighted by molar-refractivity contribution is 5.74. The summed E-state index contributed by atoms with van der Waals surface area (Å²) in [5, 5.41) is 10.2. The van der Waals surface area contributed by atoms with Crippen molar-refractivity contribution in [3.8, 4) is 0 Å². The number of likely N-dealkylation sites (tertiary alicyclic amines) is 1. The van der Waals surface area contributed by atoms with Crippen LogP contribution in [0.4, 0.5) is 16.3 Å². The van der Waals surface area contributed by atoms with Crippen molar-refractivity contribution in [3.63, 3.8) is 0 Å². The van der Waals surface area contributed by atoms with Gasteiger partial charge in [0.2, 0.25) is 5.89 Å². The highest BCUT2D eigenvalue weighted by Gasteiger charge is 2.21. The molecule has 1 aliphatic rings. The van der Waals surface area contributed by atoms with E-state index < -0.39 is 0 Å². The summed E-state index contributed by atoms with van der Waals surface area (Å²) in [6.07, 6.45) is 4.72. The first-order valence-electron chi connectivity index (χ1n) is 9.23. The van der Waals surface area contributed by atoms with E-state index in [1.807, 2.05) is 42.2 Å². The van der Waals surface area contributed by atoms with Gasteiger partial charge in [-0.2, -0.15) is 4.98 Å². The first-order chi connectivity index (χ1) is 13.0. The molecule has 3 rings (SSSR count). The third kappa shape index (κ3) is 5.32. The molecule has 2 aromatic heterocycles. The van der Waals surface area contributed by atoms with Crippen LogP contribution in [0.15, 0.2) is 22.9 Å². The molecule has 9 nitrogen and oxygen atoms in total. The molecule has 0 spiro atoms. The average Bonchev–Trinajstić information content (AvgIpc) is 2.93. The lowest BCUT2D eigenvalue weighted by molar-refractivity contribution is 0.199. The Labute approximate surface area is 159 Å². The Hall–Kier alpha value is -2.84. The number of urea groups is 1. The van der Waals surface area contributed by atoms with Gasteiger partial charge in [0.25, 0.3) is 0 Å². The fourth-order valence-electron chi connectivity index (χ4n) is 3.10. The number of carbonyl (C=O) groups is 1. The summed E-state index contributed by atoms with van der Waals surface area (Å²) in [5.41, 5.74) is 1.01. The van der Waals surface area contributed by atoms with Gasteiger partial charge in [0.15, 0.2) is 5.82 Å². The van der Waals surface area contributed by atoms with Crippen molar-refractivity contribution in [2.45, 2.75) is 38.8 Å². The zero-order chi connectivity index (χ0) is 19.2. The molecule has 0 unspecified atom stereocenters. The summed E-state index contributed by atoms with van der Waals surface area (Å²) < 4.78 is 4.91. The Kier molecular flexibility index (Phi) is 6.10. The van der Waals surface area contributed by atoms with Crippen LogP contribution in [0.2, 0.25) is 0 Å². The van der Waals surface area contributed by atoms with Gasteiger partial charge in [-0.3, -0.25) is 0 Å². The second-order valence-electron chi connectivity index (χ2n) is 6.95. The van der Waals surface area contributed by atoms with E-state index in [4.69, 9.17) is 4.52 Å². The molecule has 0 bridgehead atoms. The SMILES string of the molecule is Cc1nc(CNC(=O)N2CCC[C@H](Nc3ccc(N(C)C)nc3)CC2)no1. The van der Waals surface area contributed by atoms with Crippen molar-refractivity contribution in [2.75, 3.05) is 37.4 Å². The summed E-state index contributed by atoms with van der Waals surface area (Å²) in [4.78, 5) is 24.7. The summed E-state index contributed by atoms with van der Waals surface area (Å²) in [5.74, 6) is 1.92. The second kappa shape index (κ2) is 8.70. The predicted molar refractivity (Wildman–Crippen MR) is 103 cm³/mol. The van der Waals surface area contributed by atoms with E-state index in [0.29, 0.717) is 24.3 Å². The van der Waals surface area contributed by atoms with Gasteiger partial charge in [-0.05, 0) is 31.4 Å². The second-order valence-corrected chi connectivity index (χ2v) is 6.95. The minimum atomic E-state index is -0.0879. The minimum Gasteiger partial charge on any atom is -0.381 e. The monoisotopic (exact) mass is 373 g/mol. The number of carbonyl (C=O) groups excluding carboxylic acids is 1. The van der Waals surface area contributed by atoms with Crippen LogP contribution in [0.25, 0.3) is 0 Å². The maximum atomic E-state index is 12.4. The molecule has 3 heterocycles. The Morgan fingerprint density at radius 1 is 1.33 bits per heavy atom. The van der Waals surface area contributed by atoms with Gasteiger partial charge in [0.05, 0.1) is 18.4 Å². The van der Waals surface area contributed by atoms with Crippen LogP contribution < -0.4 is 15.5 Å². The summed E-state index contributed by atoms with van der Waals surface area (Å²) in [6, 6.07) is 4.29. The van der Waals surface area contributed by atoms with Crippen LogP contribution in [0.5, 0.6) is 0 Å². The molecule has 27 heavy (non-hydrogen) atoms. The molecule has 0 saturated carbocycles. The molecule has 1 fully saturated rings. The van der Waals surface area contributed by atoms with Crippen molar-refractivity contribution in [1.82, 2.24) is 25.3 Å². The Morgan fingerprint density at radius 2 is 2.19 bits per heavy atom. The lowest BCUT2D eigenvalue weighted by Gasteiger charge is -2.21. The zero-order valence-electron chi connectivity index (χ0n) is 16.1. The topological polar surface area (TPSA) is 99.4 Å². The number of amides is 2. The van der Waals surface area contributed by atoms with Crippen molar-refractivity contribution in [3.05, 3.63) is 30.0 Å². The molecule has 0 radical (unpaired) electrons. The van der Waals surface area contributed by atoms with Gasteiger partial charge in [-0.25, -0.2) is 9.78 Å². The molecule has 2 amide bonds. The van der Waals surface area contributed by atoms with E-state index in [-0.39, 0.29) is 12.6 Å². The summed E-state index contributed by atoms with van der Waals surface area (Å²) in [6.45, 7) is 3.45. The number of anilines is 2. The van der Waals surface area contributed by atoms with Crippen molar-refractivity contribution in [1.29, 1.82) is 0 Å². The van der Waals surface area contributed by atoms with Gasteiger partial charge < -0.3 is 25.0 Å². The molecule has 1 aliphatic heterocycles. The fourth-order valence-corrected chi connectivity index (χ4v) is 3.10. The van der Waals surface area contributed by atoms with E-state index in [2.05, 4.69) is 25.8 Å². The predicted octanol–water partition coefficient (Wildman–Crippen LogP) is 2.02. The molecule has 0 aromatic carbocycles. The number of aryl methyl sites for hydroxylation is 1. The van der Waals surface area contributed by atoms with E-state index in [9.17, 15) is 4.79 Å². The normalized spacial score (nSPS) is 17.3. The molecule has 146 valence electrons. The number of nitrogens with zero attached hydrogens (tertiary/aromatic N) is 5. The highest BCUT2D eigenvalue weighted by Crippen LogP contribution is 2.18.